The number of rotatable bonds is 3. The molecule has 2 radical (unpaired) electrons. The molecule has 0 atom stereocenters. The number of nitrogens with zero attached hydrogens (tertiary/aromatic N) is 2. The molecule has 2 aromatic rings. The molecule has 4 nitrogen and oxygen atoms in total. The molecule has 0 bridgehead atoms. The first-order valence-corrected chi connectivity index (χ1v) is 5.87. The molecule has 2 rings (SSSR count). The molecule has 0 aliphatic heterocycles. The van der Waals surface area contributed by atoms with Crippen LogP contribution in [0.4, 0.5) is 8.78 Å². The maximum absolute atomic E-state index is 14.0. The fourth-order valence-corrected chi connectivity index (χ4v) is 1.89. The molecule has 0 N–H and O–H groups in total. The summed E-state index contributed by atoms with van der Waals surface area (Å²) in [5, 5.41) is 0. The van der Waals surface area contributed by atoms with Gasteiger partial charge in [0.2, 0.25) is 0 Å². The molecule has 1 aromatic carbocycles. The third-order valence-corrected chi connectivity index (χ3v) is 3.01. The van der Waals surface area contributed by atoms with Crippen molar-refractivity contribution < 1.29 is 22.9 Å². The van der Waals surface area contributed by atoms with E-state index in [9.17, 15) is 13.6 Å². The van der Waals surface area contributed by atoms with E-state index in [4.69, 9.17) is 0 Å². The zero-order valence-corrected chi connectivity index (χ0v) is 11.4. The van der Waals surface area contributed by atoms with E-state index in [1.807, 2.05) is 0 Å². The fraction of sp³-hybridized carbons (Fsp3) is 0.231. The van der Waals surface area contributed by atoms with Crippen LogP contribution in [0.5, 0.6) is 0 Å². The van der Waals surface area contributed by atoms with Crippen LogP contribution in [-0.4, -0.2) is 24.9 Å². The van der Waals surface area contributed by atoms with Crippen LogP contribution in [0, 0.1) is 11.6 Å². The Kier molecular flexibility index (Phi) is 3.87. The number of ether oxygens (including phenoxy) is 1. The molecule has 1 heterocycles. The minimum atomic E-state index is -0.813. The summed E-state index contributed by atoms with van der Waals surface area (Å²) < 4.78 is 35.8. The number of methoxy groups -OCH3 is 1. The van der Waals surface area contributed by atoms with Gasteiger partial charge in [-0.3, -0.25) is 9.13 Å². The average molecular weight is 278 g/mol. The van der Waals surface area contributed by atoms with Crippen LogP contribution in [0.2, 0.25) is 0 Å². The van der Waals surface area contributed by atoms with Gasteiger partial charge in [-0.1, -0.05) is 0 Å². The standard InChI is InChI=1S/C13H13BF2N2O2/c1-17-4-5-18(2)13(17)14-11-9(15)6-8(7-10(11)16)12(19)20-3/h4-7H,1-3H3. The maximum atomic E-state index is 14.0. The van der Waals surface area contributed by atoms with Gasteiger partial charge in [-0.2, -0.15) is 5.46 Å². The zero-order chi connectivity index (χ0) is 14.9. The summed E-state index contributed by atoms with van der Waals surface area (Å²) in [4.78, 5) is 11.3. The average Bonchev–Trinajstić information content (AvgIpc) is 2.72. The summed E-state index contributed by atoms with van der Waals surface area (Å²) in [6.45, 7) is 0. The highest BCUT2D eigenvalue weighted by Crippen LogP contribution is 2.07. The molecule has 0 saturated carbocycles. The molecule has 0 fully saturated rings. The Morgan fingerprint density at radius 1 is 1.35 bits per heavy atom. The SMILES string of the molecule is COC(=O)c1cc(F)c([B-]c2n(C)cc[n+]2C)c(F)c1. The van der Waals surface area contributed by atoms with Crippen LogP contribution in [0.1, 0.15) is 10.4 Å². The summed E-state index contributed by atoms with van der Waals surface area (Å²) in [5.41, 5.74) is 0.263. The molecular formula is C13H13BF2N2O2. The number of benzene rings is 1. The van der Waals surface area contributed by atoms with Gasteiger partial charge in [-0.15, -0.1) is 7.28 Å². The molecule has 0 spiro atoms. The second-order valence-electron chi connectivity index (χ2n) is 4.37. The lowest BCUT2D eigenvalue weighted by Crippen LogP contribution is -2.54. The van der Waals surface area contributed by atoms with E-state index in [1.165, 1.54) is 7.28 Å². The van der Waals surface area contributed by atoms with E-state index in [1.54, 1.807) is 35.6 Å². The van der Waals surface area contributed by atoms with Gasteiger partial charge >= 0.3 is 5.97 Å². The van der Waals surface area contributed by atoms with Crippen molar-refractivity contribution in [2.45, 2.75) is 0 Å². The van der Waals surface area contributed by atoms with Gasteiger partial charge in [0.1, 0.15) is 12.4 Å². The Balaban J connectivity index is 2.41. The predicted octanol–water partition coefficient (Wildman–Crippen LogP) is -0.431. The van der Waals surface area contributed by atoms with E-state index in [-0.39, 0.29) is 11.0 Å². The molecule has 0 saturated heterocycles. The van der Waals surface area contributed by atoms with Crippen molar-refractivity contribution in [1.29, 1.82) is 0 Å². The Morgan fingerprint density at radius 2 is 1.95 bits per heavy atom. The molecule has 1 aromatic heterocycles. The van der Waals surface area contributed by atoms with E-state index in [0.29, 0.717) is 5.72 Å². The van der Waals surface area contributed by atoms with Crippen molar-refractivity contribution >= 4 is 24.4 Å². The lowest BCUT2D eigenvalue weighted by atomic mass is 9.68. The highest BCUT2D eigenvalue weighted by atomic mass is 19.1. The number of esters is 1. The summed E-state index contributed by atoms with van der Waals surface area (Å²) in [6, 6.07) is 1.92. The number of carbonyl (C=O) groups excluding carboxylic acids is 1. The molecule has 0 unspecified atom stereocenters. The van der Waals surface area contributed by atoms with Gasteiger partial charge in [0, 0.05) is 5.72 Å². The van der Waals surface area contributed by atoms with Crippen molar-refractivity contribution in [2.75, 3.05) is 7.11 Å². The van der Waals surface area contributed by atoms with Crippen molar-refractivity contribution in [3.63, 3.8) is 0 Å². The first-order chi connectivity index (χ1) is 9.43. The van der Waals surface area contributed by atoms with Crippen LogP contribution in [0.25, 0.3) is 0 Å². The molecular weight excluding hydrogens is 265 g/mol. The summed E-state index contributed by atoms with van der Waals surface area (Å²) >= 11 is 0. The molecule has 0 aliphatic rings. The number of halogens is 2. The minimum Gasteiger partial charge on any atom is -0.465 e. The first kappa shape index (κ1) is 14.2. The van der Waals surface area contributed by atoms with Gasteiger partial charge in [0.25, 0.3) is 0 Å². The second-order valence-corrected chi connectivity index (χ2v) is 4.37. The number of aryl methyl sites for hydroxylation is 2. The topological polar surface area (TPSA) is 35.1 Å². The summed E-state index contributed by atoms with van der Waals surface area (Å²) in [7, 11) is 6.07. The van der Waals surface area contributed by atoms with Crippen molar-refractivity contribution in [2.24, 2.45) is 14.1 Å². The van der Waals surface area contributed by atoms with Gasteiger partial charge < -0.3 is 4.74 Å². The molecule has 7 heteroatoms. The van der Waals surface area contributed by atoms with E-state index >= 15 is 0 Å². The molecule has 0 amide bonds. The summed E-state index contributed by atoms with van der Waals surface area (Å²) in [5.74, 6) is -2.41. The normalized spacial score (nSPS) is 10.7. The minimum absolute atomic E-state index is 0.157. The van der Waals surface area contributed by atoms with Crippen LogP contribution < -0.4 is 15.8 Å². The number of carbonyl (C=O) groups is 1. The van der Waals surface area contributed by atoms with Crippen molar-refractivity contribution in [3.05, 3.63) is 41.7 Å². The quantitative estimate of drug-likeness (QED) is 0.434. The van der Waals surface area contributed by atoms with Crippen molar-refractivity contribution in [3.8, 4) is 0 Å². The number of imidazole rings is 1. The fourth-order valence-electron chi connectivity index (χ4n) is 1.89. The summed E-state index contributed by atoms with van der Waals surface area (Å²) in [6.07, 6.45) is 3.54. The van der Waals surface area contributed by atoms with Crippen LogP contribution in [0.15, 0.2) is 24.5 Å². The smallest absolute Gasteiger partial charge is 0.338 e. The predicted molar refractivity (Wildman–Crippen MR) is 69.3 cm³/mol. The third-order valence-electron chi connectivity index (χ3n) is 3.01. The van der Waals surface area contributed by atoms with Crippen molar-refractivity contribution in [1.82, 2.24) is 4.57 Å². The Labute approximate surface area is 115 Å². The Hall–Kier alpha value is -2.18. The maximum Gasteiger partial charge on any atom is 0.338 e. The highest BCUT2D eigenvalue weighted by molar-refractivity contribution is 6.65. The van der Waals surface area contributed by atoms with E-state index < -0.39 is 17.6 Å². The van der Waals surface area contributed by atoms with Gasteiger partial charge in [-0.05, 0) is 12.1 Å². The second kappa shape index (κ2) is 5.44. The Morgan fingerprint density at radius 3 is 2.40 bits per heavy atom. The third kappa shape index (κ3) is 2.56. The lowest BCUT2D eigenvalue weighted by molar-refractivity contribution is -0.652. The first-order valence-electron chi connectivity index (χ1n) is 5.87. The van der Waals surface area contributed by atoms with Crippen LogP contribution >= 0.6 is 0 Å². The lowest BCUT2D eigenvalue weighted by Gasteiger charge is -2.17. The van der Waals surface area contributed by atoms with Crippen LogP contribution in [0.3, 0.4) is 0 Å². The molecule has 20 heavy (non-hydrogen) atoms. The number of aromatic nitrogens is 2. The monoisotopic (exact) mass is 278 g/mol. The van der Waals surface area contributed by atoms with E-state index in [0.717, 1.165) is 19.2 Å². The van der Waals surface area contributed by atoms with Gasteiger partial charge in [-0.25, -0.2) is 13.6 Å². The van der Waals surface area contributed by atoms with Gasteiger partial charge in [0.05, 0.1) is 38.4 Å². The molecule has 0 aliphatic carbocycles. The van der Waals surface area contributed by atoms with Crippen LogP contribution in [-0.2, 0) is 18.8 Å². The zero-order valence-electron chi connectivity index (χ0n) is 11.4. The Bertz CT molecular complexity index is 628. The highest BCUT2D eigenvalue weighted by Gasteiger charge is 2.12. The largest absolute Gasteiger partial charge is 0.465 e. The van der Waals surface area contributed by atoms with Gasteiger partial charge in [0.15, 0.2) is 0 Å². The molecule has 104 valence electrons. The van der Waals surface area contributed by atoms with E-state index in [2.05, 4.69) is 4.74 Å². The number of hydrogen-bond acceptors (Lipinski definition) is 2. The number of hydrogen-bond donors (Lipinski definition) is 0.